The minimum Gasteiger partial charge on any atom is -0.466 e. The Morgan fingerprint density at radius 2 is 1.82 bits per heavy atom. The first-order chi connectivity index (χ1) is 8.20. The van der Waals surface area contributed by atoms with Crippen LogP contribution in [0.15, 0.2) is 0 Å². The van der Waals surface area contributed by atoms with Crippen LogP contribution in [-0.4, -0.2) is 36.7 Å². The van der Waals surface area contributed by atoms with E-state index in [0.717, 1.165) is 25.7 Å². The molecule has 0 radical (unpaired) electrons. The summed E-state index contributed by atoms with van der Waals surface area (Å²) in [6.45, 7) is 3.04. The average Bonchev–Trinajstić information content (AvgIpc) is 2.31. The zero-order valence-electron chi connectivity index (χ0n) is 10.5. The van der Waals surface area contributed by atoms with Crippen molar-refractivity contribution in [1.29, 1.82) is 0 Å². The second-order valence-corrected chi connectivity index (χ2v) is 3.81. The molecule has 0 atom stereocenters. The molecule has 0 aliphatic rings. The Morgan fingerprint density at radius 3 is 2.47 bits per heavy atom. The minimum absolute atomic E-state index is 0.118. The first-order valence-electron chi connectivity index (χ1n) is 6.24. The number of nitrogens with one attached hydrogen (secondary N) is 1. The molecule has 0 aromatic rings. The summed E-state index contributed by atoms with van der Waals surface area (Å²) >= 11 is 0. The second-order valence-electron chi connectivity index (χ2n) is 3.81. The van der Waals surface area contributed by atoms with Crippen LogP contribution < -0.4 is 5.32 Å². The summed E-state index contributed by atoms with van der Waals surface area (Å²) < 4.78 is 4.97. The molecule has 0 saturated carbocycles. The predicted octanol–water partition coefficient (Wildman–Crippen LogP) is 0.999. The molecular weight excluding hydrogens is 222 g/mol. The number of rotatable bonds is 10. The van der Waals surface area contributed by atoms with Crippen LogP contribution in [-0.2, 0) is 14.3 Å². The molecule has 0 aromatic carbocycles. The maximum atomic E-state index is 11.2. The van der Waals surface area contributed by atoms with Gasteiger partial charge in [-0.15, -0.1) is 0 Å². The number of ether oxygens (including phenoxy) is 1. The average molecular weight is 245 g/mol. The molecule has 0 spiro atoms. The third-order valence-corrected chi connectivity index (χ3v) is 2.25. The molecule has 0 bridgehead atoms. The molecule has 0 rings (SSSR count). The molecule has 0 fully saturated rings. The van der Waals surface area contributed by atoms with Gasteiger partial charge in [-0.25, -0.2) is 0 Å². The van der Waals surface area contributed by atoms with E-state index in [2.05, 4.69) is 5.32 Å². The summed E-state index contributed by atoms with van der Waals surface area (Å²) in [5.41, 5.74) is 0. The largest absolute Gasteiger partial charge is 0.466 e. The molecule has 17 heavy (non-hydrogen) atoms. The molecule has 5 nitrogen and oxygen atoms in total. The van der Waals surface area contributed by atoms with E-state index in [9.17, 15) is 9.59 Å². The Hall–Kier alpha value is -1.10. The van der Waals surface area contributed by atoms with E-state index < -0.39 is 0 Å². The maximum absolute atomic E-state index is 11.2. The third-order valence-electron chi connectivity index (χ3n) is 2.25. The predicted molar refractivity (Wildman–Crippen MR) is 64.4 cm³/mol. The van der Waals surface area contributed by atoms with Gasteiger partial charge in [0.2, 0.25) is 5.91 Å². The van der Waals surface area contributed by atoms with Gasteiger partial charge in [0.1, 0.15) is 0 Å². The van der Waals surface area contributed by atoms with E-state index in [1.54, 1.807) is 0 Å². The van der Waals surface area contributed by atoms with Gasteiger partial charge in [0.25, 0.3) is 0 Å². The van der Waals surface area contributed by atoms with Crippen molar-refractivity contribution in [2.24, 2.45) is 0 Å². The number of aliphatic hydroxyl groups is 1. The number of unbranched alkanes of at least 4 members (excludes halogenated alkanes) is 3. The quantitative estimate of drug-likeness (QED) is 0.445. The molecular formula is C12H23NO4. The van der Waals surface area contributed by atoms with Crippen LogP contribution in [0.25, 0.3) is 0 Å². The highest BCUT2D eigenvalue weighted by atomic mass is 16.5. The fourth-order valence-electron chi connectivity index (χ4n) is 1.33. The van der Waals surface area contributed by atoms with Gasteiger partial charge in [-0.05, 0) is 26.2 Å². The van der Waals surface area contributed by atoms with Gasteiger partial charge in [-0.3, -0.25) is 9.59 Å². The molecule has 1 amide bonds. The van der Waals surface area contributed by atoms with Crippen molar-refractivity contribution in [1.82, 2.24) is 5.32 Å². The molecule has 0 aliphatic heterocycles. The van der Waals surface area contributed by atoms with Crippen LogP contribution in [0.5, 0.6) is 0 Å². The van der Waals surface area contributed by atoms with Crippen LogP contribution in [0.4, 0.5) is 0 Å². The van der Waals surface area contributed by atoms with Gasteiger partial charge < -0.3 is 15.2 Å². The number of hydrogen-bond donors (Lipinski definition) is 2. The van der Waals surface area contributed by atoms with E-state index in [1.165, 1.54) is 0 Å². The van der Waals surface area contributed by atoms with Crippen LogP contribution in [0, 0.1) is 0 Å². The fourth-order valence-corrected chi connectivity index (χ4v) is 1.33. The summed E-state index contributed by atoms with van der Waals surface area (Å²) in [5, 5.41) is 11.2. The van der Waals surface area contributed by atoms with Crippen molar-refractivity contribution >= 4 is 11.9 Å². The highest BCUT2D eigenvalue weighted by molar-refractivity contribution is 5.81. The number of carbonyl (C=O) groups is 2. The normalized spacial score (nSPS) is 10.0. The minimum atomic E-state index is -0.321. The summed E-state index contributed by atoms with van der Waals surface area (Å²) in [6.07, 6.45) is 3.84. The fraction of sp³-hybridized carbons (Fsp3) is 0.833. The highest BCUT2D eigenvalue weighted by Gasteiger charge is 2.06. The number of aliphatic hydroxyl groups excluding tert-OH is 1. The van der Waals surface area contributed by atoms with Crippen LogP contribution in [0.2, 0.25) is 0 Å². The molecule has 0 saturated heterocycles. The monoisotopic (exact) mass is 245 g/mol. The lowest BCUT2D eigenvalue weighted by Crippen LogP contribution is -2.23. The lowest BCUT2D eigenvalue weighted by molar-refractivity contribution is -0.145. The zero-order valence-corrected chi connectivity index (χ0v) is 10.5. The molecule has 0 heterocycles. The van der Waals surface area contributed by atoms with Crippen molar-refractivity contribution in [3.05, 3.63) is 0 Å². The number of carbonyl (C=O) groups excluding carboxylic acids is 2. The van der Waals surface area contributed by atoms with Crippen LogP contribution in [0.1, 0.15) is 45.4 Å². The number of amides is 1. The molecule has 0 aromatic heterocycles. The smallest absolute Gasteiger partial charge is 0.306 e. The first-order valence-corrected chi connectivity index (χ1v) is 6.24. The molecule has 100 valence electrons. The Morgan fingerprint density at radius 1 is 1.12 bits per heavy atom. The van der Waals surface area contributed by atoms with Crippen LogP contribution >= 0.6 is 0 Å². The van der Waals surface area contributed by atoms with Crippen molar-refractivity contribution < 1.29 is 19.4 Å². The maximum Gasteiger partial charge on any atom is 0.306 e. The summed E-state index contributed by atoms with van der Waals surface area (Å²) in [5.74, 6) is -0.439. The lowest BCUT2D eigenvalue weighted by Gasteiger charge is -2.04. The van der Waals surface area contributed by atoms with Gasteiger partial charge >= 0.3 is 5.97 Å². The molecule has 5 heteroatoms. The third kappa shape index (κ3) is 11.2. The highest BCUT2D eigenvalue weighted by Crippen LogP contribution is 2.00. The Kier molecular flexibility index (Phi) is 10.7. The van der Waals surface area contributed by atoms with Crippen molar-refractivity contribution in [3.63, 3.8) is 0 Å². The Bertz CT molecular complexity index is 219. The van der Waals surface area contributed by atoms with Gasteiger partial charge in [0.15, 0.2) is 0 Å². The van der Waals surface area contributed by atoms with Crippen molar-refractivity contribution in [3.8, 4) is 0 Å². The van der Waals surface area contributed by atoms with E-state index >= 15 is 0 Å². The van der Waals surface area contributed by atoms with E-state index in [-0.39, 0.29) is 31.3 Å². The van der Waals surface area contributed by atoms with Gasteiger partial charge in [-0.2, -0.15) is 0 Å². The Labute approximate surface area is 103 Å². The van der Waals surface area contributed by atoms with Crippen molar-refractivity contribution in [2.75, 3.05) is 19.8 Å². The number of hydrogen-bond acceptors (Lipinski definition) is 4. The van der Waals surface area contributed by atoms with E-state index in [0.29, 0.717) is 13.2 Å². The molecule has 0 aliphatic carbocycles. The standard InChI is InChI=1S/C12H23NO4/c1-2-13-11(15)7-8-12(16)17-10-6-4-3-5-9-14/h14H,2-10H2,1H3,(H,13,15). The summed E-state index contributed by atoms with van der Waals surface area (Å²) in [6, 6.07) is 0. The van der Waals surface area contributed by atoms with Gasteiger partial charge in [0.05, 0.1) is 13.0 Å². The van der Waals surface area contributed by atoms with Gasteiger partial charge in [-0.1, -0.05) is 6.42 Å². The Balaban J connectivity index is 3.31. The van der Waals surface area contributed by atoms with E-state index in [1.807, 2.05) is 6.92 Å². The molecule has 0 unspecified atom stereocenters. The van der Waals surface area contributed by atoms with Crippen LogP contribution in [0.3, 0.4) is 0 Å². The summed E-state index contributed by atoms with van der Waals surface area (Å²) in [7, 11) is 0. The zero-order chi connectivity index (χ0) is 12.9. The number of esters is 1. The lowest BCUT2D eigenvalue weighted by atomic mass is 10.2. The van der Waals surface area contributed by atoms with Crippen molar-refractivity contribution in [2.45, 2.75) is 45.4 Å². The second kappa shape index (κ2) is 11.4. The topological polar surface area (TPSA) is 75.6 Å². The van der Waals surface area contributed by atoms with Gasteiger partial charge in [0, 0.05) is 19.6 Å². The van der Waals surface area contributed by atoms with E-state index in [4.69, 9.17) is 9.84 Å². The SMILES string of the molecule is CCNC(=O)CCC(=O)OCCCCCCO. The molecule has 2 N–H and O–H groups in total. The first kappa shape index (κ1) is 15.9. The summed E-state index contributed by atoms with van der Waals surface area (Å²) in [4.78, 5) is 22.3.